The predicted octanol–water partition coefficient (Wildman–Crippen LogP) is 4.06. The summed E-state index contributed by atoms with van der Waals surface area (Å²) in [5.41, 5.74) is 0.375. The lowest BCUT2D eigenvalue weighted by atomic mass is 9.92. The van der Waals surface area contributed by atoms with Gasteiger partial charge in [0.05, 0.1) is 12.7 Å². The fraction of sp³-hybridized carbons (Fsp3) is 0.333. The van der Waals surface area contributed by atoms with Gasteiger partial charge in [0.2, 0.25) is 0 Å². The Kier molecular flexibility index (Phi) is 4.66. The van der Waals surface area contributed by atoms with Crippen LogP contribution < -0.4 is 4.74 Å². The number of rotatable bonds is 5. The molecule has 2 rings (SSSR count). The van der Waals surface area contributed by atoms with E-state index < -0.39 is 5.60 Å². The number of thiophene rings is 1. The minimum absolute atomic E-state index is 0.631. The zero-order chi connectivity index (χ0) is 13.9. The molecule has 1 unspecified atom stereocenters. The van der Waals surface area contributed by atoms with Crippen LogP contribution in [0.3, 0.4) is 0 Å². The number of ether oxygens (including phenoxy) is 1. The Morgan fingerprint density at radius 3 is 2.47 bits per heavy atom. The van der Waals surface area contributed by atoms with Gasteiger partial charge in [0.25, 0.3) is 0 Å². The Hall–Kier alpha value is -0.840. The van der Waals surface area contributed by atoms with Crippen LogP contribution in [0.1, 0.15) is 17.4 Å². The molecule has 0 spiro atoms. The van der Waals surface area contributed by atoms with Gasteiger partial charge in [0, 0.05) is 27.6 Å². The van der Waals surface area contributed by atoms with Gasteiger partial charge in [-0.25, -0.2) is 0 Å². The van der Waals surface area contributed by atoms with Crippen LogP contribution >= 0.6 is 27.3 Å². The van der Waals surface area contributed by atoms with E-state index in [1.165, 1.54) is 4.88 Å². The van der Waals surface area contributed by atoms with Crippen molar-refractivity contribution < 1.29 is 9.84 Å². The third-order valence-electron chi connectivity index (χ3n) is 2.92. The molecule has 1 aromatic carbocycles. The molecule has 1 N–H and O–H groups in total. The van der Waals surface area contributed by atoms with Crippen molar-refractivity contribution in [3.05, 3.63) is 50.6 Å². The number of hydrogen-bond donors (Lipinski definition) is 1. The first kappa shape index (κ1) is 14.6. The van der Waals surface area contributed by atoms with Crippen LogP contribution in [0.2, 0.25) is 0 Å². The van der Waals surface area contributed by atoms with Crippen molar-refractivity contribution >= 4 is 27.3 Å². The topological polar surface area (TPSA) is 29.5 Å². The maximum Gasteiger partial charge on any atom is 0.118 e. The van der Waals surface area contributed by atoms with Gasteiger partial charge >= 0.3 is 0 Å². The molecule has 0 aliphatic rings. The second-order valence-electron chi connectivity index (χ2n) is 4.93. The van der Waals surface area contributed by atoms with E-state index in [4.69, 9.17) is 4.74 Å². The molecule has 2 nitrogen and oxygen atoms in total. The first-order valence-electron chi connectivity index (χ1n) is 6.07. The van der Waals surface area contributed by atoms with Crippen molar-refractivity contribution in [2.45, 2.75) is 25.4 Å². The molecule has 0 aliphatic heterocycles. The molecule has 0 amide bonds. The van der Waals surface area contributed by atoms with E-state index in [0.717, 1.165) is 15.8 Å². The van der Waals surface area contributed by atoms with Crippen LogP contribution in [0, 0.1) is 0 Å². The van der Waals surface area contributed by atoms with Crippen LogP contribution in [0.15, 0.2) is 40.2 Å². The second-order valence-corrected chi connectivity index (χ2v) is 6.84. The van der Waals surface area contributed by atoms with Gasteiger partial charge in [-0.2, -0.15) is 0 Å². The van der Waals surface area contributed by atoms with Crippen LogP contribution in [0.5, 0.6) is 5.75 Å². The number of halogens is 1. The van der Waals surface area contributed by atoms with E-state index in [9.17, 15) is 5.11 Å². The smallest absolute Gasteiger partial charge is 0.118 e. The van der Waals surface area contributed by atoms with Crippen molar-refractivity contribution in [1.82, 2.24) is 0 Å². The lowest BCUT2D eigenvalue weighted by Gasteiger charge is -2.22. The van der Waals surface area contributed by atoms with Crippen LogP contribution in [-0.4, -0.2) is 17.8 Å². The summed E-state index contributed by atoms with van der Waals surface area (Å²) < 4.78 is 6.21. The summed E-state index contributed by atoms with van der Waals surface area (Å²) in [4.78, 5) is 1.19. The fourth-order valence-electron chi connectivity index (χ4n) is 2.07. The average molecular weight is 341 g/mol. The van der Waals surface area contributed by atoms with Crippen molar-refractivity contribution in [2.24, 2.45) is 0 Å². The fourth-order valence-corrected chi connectivity index (χ4v) is 3.70. The van der Waals surface area contributed by atoms with Crippen molar-refractivity contribution in [3.63, 3.8) is 0 Å². The first-order valence-corrected chi connectivity index (χ1v) is 7.74. The Morgan fingerprint density at radius 1 is 1.26 bits per heavy atom. The van der Waals surface area contributed by atoms with E-state index in [-0.39, 0.29) is 0 Å². The van der Waals surface area contributed by atoms with E-state index in [0.29, 0.717) is 12.8 Å². The second kappa shape index (κ2) is 6.07. The first-order chi connectivity index (χ1) is 8.98. The standard InChI is InChI=1S/C15H17BrO2S/c1-15(17,9-14-7-12(16)10-19-14)8-11-3-5-13(18-2)6-4-11/h3-7,10,17H,8-9H2,1-2H3. The molecule has 0 aliphatic carbocycles. The molecule has 0 radical (unpaired) electrons. The normalized spacial score (nSPS) is 14.1. The summed E-state index contributed by atoms with van der Waals surface area (Å²) in [6.07, 6.45) is 1.29. The Balaban J connectivity index is 2.03. The van der Waals surface area contributed by atoms with E-state index in [1.807, 2.05) is 36.6 Å². The largest absolute Gasteiger partial charge is 0.497 e. The Morgan fingerprint density at radius 2 is 1.95 bits per heavy atom. The number of benzene rings is 1. The maximum atomic E-state index is 10.5. The van der Waals surface area contributed by atoms with Crippen LogP contribution in [0.4, 0.5) is 0 Å². The molecule has 0 saturated heterocycles. The van der Waals surface area contributed by atoms with Gasteiger partial charge in [-0.1, -0.05) is 12.1 Å². The minimum Gasteiger partial charge on any atom is -0.497 e. The lowest BCUT2D eigenvalue weighted by Crippen LogP contribution is -2.29. The van der Waals surface area contributed by atoms with Gasteiger partial charge in [-0.3, -0.25) is 0 Å². The minimum atomic E-state index is -0.737. The molecule has 0 saturated carbocycles. The highest BCUT2D eigenvalue weighted by Crippen LogP contribution is 2.26. The molecule has 0 bridgehead atoms. The van der Waals surface area contributed by atoms with Crippen LogP contribution in [-0.2, 0) is 12.8 Å². The molecule has 1 heterocycles. The summed E-state index contributed by atoms with van der Waals surface area (Å²) in [7, 11) is 1.65. The van der Waals surface area contributed by atoms with Gasteiger partial charge in [-0.15, -0.1) is 11.3 Å². The van der Waals surface area contributed by atoms with E-state index >= 15 is 0 Å². The van der Waals surface area contributed by atoms with E-state index in [2.05, 4.69) is 22.0 Å². The summed E-state index contributed by atoms with van der Waals surface area (Å²) in [5, 5.41) is 12.6. The molecule has 2 aromatic rings. The molecule has 0 fully saturated rings. The molecular formula is C15H17BrO2S. The highest BCUT2D eigenvalue weighted by molar-refractivity contribution is 9.10. The van der Waals surface area contributed by atoms with Gasteiger partial charge in [0.15, 0.2) is 0 Å². The molecular weight excluding hydrogens is 324 g/mol. The quantitative estimate of drug-likeness (QED) is 0.889. The van der Waals surface area contributed by atoms with Gasteiger partial charge in [0.1, 0.15) is 5.75 Å². The summed E-state index contributed by atoms with van der Waals surface area (Å²) in [6, 6.07) is 9.91. The third-order valence-corrected chi connectivity index (χ3v) is 4.62. The SMILES string of the molecule is COc1ccc(CC(C)(O)Cc2cc(Br)cs2)cc1. The van der Waals surface area contributed by atoms with E-state index in [1.54, 1.807) is 18.4 Å². The Labute approximate surface area is 126 Å². The summed E-state index contributed by atoms with van der Waals surface area (Å²) >= 11 is 5.10. The zero-order valence-electron chi connectivity index (χ0n) is 11.0. The van der Waals surface area contributed by atoms with Crippen LogP contribution in [0.25, 0.3) is 0 Å². The van der Waals surface area contributed by atoms with Crippen molar-refractivity contribution in [3.8, 4) is 5.75 Å². The summed E-state index contributed by atoms with van der Waals surface area (Å²) in [5.74, 6) is 0.839. The molecule has 4 heteroatoms. The lowest BCUT2D eigenvalue weighted by molar-refractivity contribution is 0.0616. The highest BCUT2D eigenvalue weighted by atomic mass is 79.9. The number of methoxy groups -OCH3 is 1. The zero-order valence-corrected chi connectivity index (χ0v) is 13.4. The molecule has 19 heavy (non-hydrogen) atoms. The monoisotopic (exact) mass is 340 g/mol. The number of hydrogen-bond acceptors (Lipinski definition) is 3. The Bertz CT molecular complexity index is 531. The van der Waals surface area contributed by atoms with Gasteiger partial charge in [-0.05, 0) is 46.6 Å². The average Bonchev–Trinajstić information content (AvgIpc) is 2.74. The molecule has 1 atom stereocenters. The highest BCUT2D eigenvalue weighted by Gasteiger charge is 2.22. The van der Waals surface area contributed by atoms with Crippen molar-refractivity contribution in [2.75, 3.05) is 7.11 Å². The summed E-state index contributed by atoms with van der Waals surface area (Å²) in [6.45, 7) is 1.88. The van der Waals surface area contributed by atoms with Gasteiger partial charge < -0.3 is 9.84 Å². The maximum absolute atomic E-state index is 10.5. The predicted molar refractivity (Wildman–Crippen MR) is 83.0 cm³/mol. The molecule has 1 aromatic heterocycles. The number of aliphatic hydroxyl groups is 1. The van der Waals surface area contributed by atoms with Crippen molar-refractivity contribution in [1.29, 1.82) is 0 Å². The molecule has 102 valence electrons. The third kappa shape index (κ3) is 4.34.